The Morgan fingerprint density at radius 3 is 2.95 bits per heavy atom. The van der Waals surface area contributed by atoms with E-state index in [2.05, 4.69) is 17.6 Å². The summed E-state index contributed by atoms with van der Waals surface area (Å²) < 4.78 is 0. The number of benzene rings is 1. The molecular formula is C15H22N2O2. The molecule has 19 heavy (non-hydrogen) atoms. The molecule has 1 saturated heterocycles. The van der Waals surface area contributed by atoms with E-state index in [0.717, 1.165) is 31.5 Å². The summed E-state index contributed by atoms with van der Waals surface area (Å²) in [5.41, 5.74) is 1.46. The van der Waals surface area contributed by atoms with Crippen molar-refractivity contribution in [2.75, 3.05) is 19.6 Å². The molecule has 4 nitrogen and oxygen atoms in total. The molecule has 2 rings (SSSR count). The molecule has 3 N–H and O–H groups in total. The Bertz CT molecular complexity index is 465. The number of aryl methyl sites for hydroxylation is 1. The SMILES string of the molecule is Cc1cc(C(=O)NCC2(C)CCCNC2)ccc1O. The second-order valence-electron chi connectivity index (χ2n) is 5.77. The minimum absolute atomic E-state index is 0.0742. The van der Waals surface area contributed by atoms with Gasteiger partial charge in [-0.2, -0.15) is 0 Å². The summed E-state index contributed by atoms with van der Waals surface area (Å²) >= 11 is 0. The summed E-state index contributed by atoms with van der Waals surface area (Å²) in [6.07, 6.45) is 2.29. The summed E-state index contributed by atoms with van der Waals surface area (Å²) in [6, 6.07) is 4.93. The summed E-state index contributed by atoms with van der Waals surface area (Å²) in [5.74, 6) is 0.148. The Kier molecular flexibility index (Phi) is 4.10. The van der Waals surface area contributed by atoms with Gasteiger partial charge in [-0.25, -0.2) is 0 Å². The van der Waals surface area contributed by atoms with Gasteiger partial charge in [-0.1, -0.05) is 6.92 Å². The first-order chi connectivity index (χ1) is 9.00. The van der Waals surface area contributed by atoms with Gasteiger partial charge in [-0.05, 0) is 55.5 Å². The van der Waals surface area contributed by atoms with Crippen LogP contribution in [0.5, 0.6) is 5.75 Å². The van der Waals surface area contributed by atoms with Crippen LogP contribution in [0.3, 0.4) is 0 Å². The Morgan fingerprint density at radius 2 is 2.32 bits per heavy atom. The molecule has 1 aliphatic heterocycles. The van der Waals surface area contributed by atoms with Crippen LogP contribution in [0.15, 0.2) is 18.2 Å². The van der Waals surface area contributed by atoms with E-state index in [9.17, 15) is 9.90 Å². The number of hydrogen-bond acceptors (Lipinski definition) is 3. The van der Waals surface area contributed by atoms with E-state index < -0.39 is 0 Å². The fourth-order valence-electron chi connectivity index (χ4n) is 2.46. The lowest BCUT2D eigenvalue weighted by atomic mass is 9.83. The molecular weight excluding hydrogens is 240 g/mol. The summed E-state index contributed by atoms with van der Waals surface area (Å²) in [4.78, 5) is 12.1. The van der Waals surface area contributed by atoms with E-state index in [4.69, 9.17) is 0 Å². The summed E-state index contributed by atoms with van der Waals surface area (Å²) in [6.45, 7) is 6.68. The molecule has 1 unspecified atom stereocenters. The van der Waals surface area contributed by atoms with E-state index >= 15 is 0 Å². The van der Waals surface area contributed by atoms with Gasteiger partial charge in [0.2, 0.25) is 0 Å². The molecule has 0 bridgehead atoms. The van der Waals surface area contributed by atoms with Crippen LogP contribution in [0, 0.1) is 12.3 Å². The quantitative estimate of drug-likeness (QED) is 0.778. The van der Waals surface area contributed by atoms with E-state index in [1.807, 2.05) is 0 Å². The van der Waals surface area contributed by atoms with Gasteiger partial charge in [0.25, 0.3) is 5.91 Å². The van der Waals surface area contributed by atoms with Crippen molar-refractivity contribution < 1.29 is 9.90 Å². The number of amides is 1. The van der Waals surface area contributed by atoms with Crippen molar-refractivity contribution in [1.29, 1.82) is 0 Å². The van der Waals surface area contributed by atoms with Crippen molar-refractivity contribution >= 4 is 5.91 Å². The Labute approximate surface area is 114 Å². The zero-order chi connectivity index (χ0) is 13.9. The number of aromatic hydroxyl groups is 1. The second-order valence-corrected chi connectivity index (χ2v) is 5.77. The fraction of sp³-hybridized carbons (Fsp3) is 0.533. The van der Waals surface area contributed by atoms with Crippen LogP contribution in [0.25, 0.3) is 0 Å². The molecule has 1 aromatic rings. The number of hydrogen-bond donors (Lipinski definition) is 3. The molecule has 1 heterocycles. The summed E-state index contributed by atoms with van der Waals surface area (Å²) in [7, 11) is 0. The van der Waals surface area contributed by atoms with Gasteiger partial charge in [-0.3, -0.25) is 4.79 Å². The third-order valence-corrected chi connectivity index (χ3v) is 3.82. The minimum Gasteiger partial charge on any atom is -0.508 e. The Hall–Kier alpha value is -1.55. The van der Waals surface area contributed by atoms with Gasteiger partial charge < -0.3 is 15.7 Å². The first-order valence-electron chi connectivity index (χ1n) is 6.79. The van der Waals surface area contributed by atoms with E-state index in [1.165, 1.54) is 0 Å². The molecule has 1 amide bonds. The molecule has 1 aliphatic rings. The highest BCUT2D eigenvalue weighted by Gasteiger charge is 2.27. The molecule has 0 radical (unpaired) electrons. The molecule has 1 aromatic carbocycles. The van der Waals surface area contributed by atoms with Crippen molar-refractivity contribution in [1.82, 2.24) is 10.6 Å². The van der Waals surface area contributed by atoms with Crippen molar-refractivity contribution in [3.8, 4) is 5.75 Å². The maximum atomic E-state index is 12.1. The lowest BCUT2D eigenvalue weighted by Crippen LogP contribution is -2.45. The number of nitrogens with one attached hydrogen (secondary N) is 2. The molecule has 0 aromatic heterocycles. The zero-order valence-corrected chi connectivity index (χ0v) is 11.6. The Morgan fingerprint density at radius 1 is 1.53 bits per heavy atom. The van der Waals surface area contributed by atoms with Crippen LogP contribution in [0.4, 0.5) is 0 Å². The first-order valence-corrected chi connectivity index (χ1v) is 6.79. The first kappa shape index (κ1) is 13.9. The highest BCUT2D eigenvalue weighted by atomic mass is 16.3. The van der Waals surface area contributed by atoms with E-state index in [1.54, 1.807) is 25.1 Å². The van der Waals surface area contributed by atoms with E-state index in [0.29, 0.717) is 12.1 Å². The second kappa shape index (κ2) is 5.61. The topological polar surface area (TPSA) is 61.4 Å². The summed E-state index contributed by atoms with van der Waals surface area (Å²) in [5, 5.41) is 15.8. The van der Waals surface area contributed by atoms with Gasteiger partial charge in [0.15, 0.2) is 0 Å². The van der Waals surface area contributed by atoms with Crippen molar-refractivity contribution in [2.45, 2.75) is 26.7 Å². The fourth-order valence-corrected chi connectivity index (χ4v) is 2.46. The van der Waals surface area contributed by atoms with Crippen molar-refractivity contribution in [3.63, 3.8) is 0 Å². The van der Waals surface area contributed by atoms with Crippen LogP contribution in [0.1, 0.15) is 35.7 Å². The van der Waals surface area contributed by atoms with Crippen LogP contribution in [-0.4, -0.2) is 30.6 Å². The van der Waals surface area contributed by atoms with Gasteiger partial charge >= 0.3 is 0 Å². The number of carbonyl (C=O) groups excluding carboxylic acids is 1. The number of phenolic OH excluding ortho intramolecular Hbond substituents is 1. The lowest BCUT2D eigenvalue weighted by molar-refractivity contribution is 0.0924. The van der Waals surface area contributed by atoms with Gasteiger partial charge in [0.05, 0.1) is 0 Å². The number of phenols is 1. The van der Waals surface area contributed by atoms with Crippen LogP contribution in [0.2, 0.25) is 0 Å². The third-order valence-electron chi connectivity index (χ3n) is 3.82. The molecule has 1 fully saturated rings. The largest absolute Gasteiger partial charge is 0.508 e. The smallest absolute Gasteiger partial charge is 0.251 e. The minimum atomic E-state index is -0.0742. The predicted molar refractivity (Wildman–Crippen MR) is 75.4 cm³/mol. The highest BCUT2D eigenvalue weighted by Crippen LogP contribution is 2.24. The predicted octanol–water partition coefficient (Wildman–Crippen LogP) is 1.82. The molecule has 1 atom stereocenters. The van der Waals surface area contributed by atoms with Crippen LogP contribution >= 0.6 is 0 Å². The average molecular weight is 262 g/mol. The maximum absolute atomic E-state index is 12.1. The van der Waals surface area contributed by atoms with Crippen LogP contribution in [-0.2, 0) is 0 Å². The highest BCUT2D eigenvalue weighted by molar-refractivity contribution is 5.94. The molecule has 104 valence electrons. The monoisotopic (exact) mass is 262 g/mol. The van der Waals surface area contributed by atoms with Gasteiger partial charge in [-0.15, -0.1) is 0 Å². The Balaban J connectivity index is 1.95. The van der Waals surface area contributed by atoms with Gasteiger partial charge in [0.1, 0.15) is 5.75 Å². The van der Waals surface area contributed by atoms with Crippen molar-refractivity contribution in [2.24, 2.45) is 5.41 Å². The number of carbonyl (C=O) groups is 1. The van der Waals surface area contributed by atoms with E-state index in [-0.39, 0.29) is 17.1 Å². The number of rotatable bonds is 3. The standard InChI is InChI=1S/C15H22N2O2/c1-11-8-12(4-5-13(11)18)14(19)17-10-15(2)6-3-7-16-9-15/h4-5,8,16,18H,3,6-7,9-10H2,1-2H3,(H,17,19). The lowest BCUT2D eigenvalue weighted by Gasteiger charge is -2.34. The molecule has 4 heteroatoms. The average Bonchev–Trinajstić information content (AvgIpc) is 2.40. The zero-order valence-electron chi connectivity index (χ0n) is 11.6. The maximum Gasteiger partial charge on any atom is 0.251 e. The van der Waals surface area contributed by atoms with Crippen LogP contribution < -0.4 is 10.6 Å². The molecule has 0 aliphatic carbocycles. The molecule has 0 spiro atoms. The van der Waals surface area contributed by atoms with Crippen molar-refractivity contribution in [3.05, 3.63) is 29.3 Å². The normalized spacial score (nSPS) is 23.1. The van der Waals surface area contributed by atoms with Gasteiger partial charge in [0, 0.05) is 18.7 Å². The third kappa shape index (κ3) is 3.47. The molecule has 0 saturated carbocycles. The number of piperidine rings is 1.